The van der Waals surface area contributed by atoms with Gasteiger partial charge in [-0.2, -0.15) is 11.8 Å². The number of carboxylic acids is 1. The molecule has 1 amide bonds. The Morgan fingerprint density at radius 2 is 2.44 bits per heavy atom. The number of rotatable bonds is 6. The fourth-order valence-corrected chi connectivity index (χ4v) is 1.90. The van der Waals surface area contributed by atoms with E-state index in [1.54, 1.807) is 0 Å². The van der Waals surface area contributed by atoms with Crippen LogP contribution in [0.3, 0.4) is 0 Å². The molecule has 0 aliphatic heterocycles. The number of nitrogens with one attached hydrogen (secondary N) is 1. The van der Waals surface area contributed by atoms with E-state index in [1.165, 1.54) is 17.1 Å². The number of carbonyl (C=O) groups is 2. The molecule has 1 rings (SSSR count). The van der Waals surface area contributed by atoms with Gasteiger partial charge in [-0.05, 0) is 30.0 Å². The van der Waals surface area contributed by atoms with Crippen LogP contribution < -0.4 is 5.32 Å². The van der Waals surface area contributed by atoms with Crippen molar-refractivity contribution in [1.82, 2.24) is 14.9 Å². The van der Waals surface area contributed by atoms with Gasteiger partial charge in [-0.1, -0.05) is 4.49 Å². The lowest BCUT2D eigenvalue weighted by molar-refractivity contribution is -0.139. The maximum Gasteiger partial charge on any atom is 0.326 e. The van der Waals surface area contributed by atoms with Crippen molar-refractivity contribution >= 4 is 35.2 Å². The average Bonchev–Trinajstić information content (AvgIpc) is 2.76. The number of thioether (sulfide) groups is 1. The molecular formula is C8H11N3O3S2. The van der Waals surface area contributed by atoms with Gasteiger partial charge in [0.15, 0.2) is 5.69 Å². The van der Waals surface area contributed by atoms with E-state index in [4.69, 9.17) is 5.11 Å². The molecule has 0 fully saturated rings. The predicted octanol–water partition coefficient (Wildman–Crippen LogP) is 0.474. The third-order valence-corrected chi connectivity index (χ3v) is 2.96. The van der Waals surface area contributed by atoms with Crippen molar-refractivity contribution in [1.29, 1.82) is 0 Å². The van der Waals surface area contributed by atoms with Crippen molar-refractivity contribution in [2.75, 3.05) is 12.0 Å². The van der Waals surface area contributed by atoms with E-state index in [2.05, 4.69) is 14.9 Å². The van der Waals surface area contributed by atoms with Gasteiger partial charge < -0.3 is 10.4 Å². The summed E-state index contributed by atoms with van der Waals surface area (Å²) < 4.78 is 3.54. The SMILES string of the molecule is CSCC[C@H](NC(=O)c1csnn1)C(=O)O. The molecule has 2 N–H and O–H groups in total. The summed E-state index contributed by atoms with van der Waals surface area (Å²) in [5.74, 6) is -0.861. The van der Waals surface area contributed by atoms with Crippen molar-refractivity contribution in [3.63, 3.8) is 0 Å². The second-order valence-corrected chi connectivity index (χ2v) is 4.53. The molecule has 0 saturated carbocycles. The van der Waals surface area contributed by atoms with Gasteiger partial charge in [0.25, 0.3) is 5.91 Å². The average molecular weight is 261 g/mol. The minimum atomic E-state index is -1.04. The second-order valence-electron chi connectivity index (χ2n) is 2.94. The van der Waals surface area contributed by atoms with E-state index in [9.17, 15) is 9.59 Å². The number of amides is 1. The maximum absolute atomic E-state index is 11.5. The van der Waals surface area contributed by atoms with Gasteiger partial charge in [-0.15, -0.1) is 5.10 Å². The number of hydrogen-bond donors (Lipinski definition) is 2. The molecular weight excluding hydrogens is 250 g/mol. The third kappa shape index (κ3) is 3.78. The Hall–Kier alpha value is -1.15. The van der Waals surface area contributed by atoms with Gasteiger partial charge in [-0.3, -0.25) is 4.79 Å². The first-order valence-electron chi connectivity index (χ1n) is 4.44. The van der Waals surface area contributed by atoms with Crippen LogP contribution in [0.1, 0.15) is 16.9 Å². The van der Waals surface area contributed by atoms with Crippen LogP contribution in [0.5, 0.6) is 0 Å². The summed E-state index contributed by atoms with van der Waals surface area (Å²) >= 11 is 2.58. The zero-order valence-electron chi connectivity index (χ0n) is 8.54. The summed E-state index contributed by atoms with van der Waals surface area (Å²) in [6.07, 6.45) is 2.27. The van der Waals surface area contributed by atoms with E-state index >= 15 is 0 Å². The number of carboxylic acid groups (broad SMARTS) is 1. The van der Waals surface area contributed by atoms with Crippen molar-refractivity contribution in [3.05, 3.63) is 11.1 Å². The molecule has 88 valence electrons. The lowest BCUT2D eigenvalue weighted by atomic mass is 10.2. The summed E-state index contributed by atoms with van der Waals surface area (Å²) in [5, 5.41) is 16.3. The molecule has 6 nitrogen and oxygen atoms in total. The first kappa shape index (κ1) is 12.9. The van der Waals surface area contributed by atoms with Gasteiger partial charge in [0, 0.05) is 5.38 Å². The predicted molar refractivity (Wildman–Crippen MR) is 61.8 cm³/mol. The molecule has 1 heterocycles. The molecule has 0 radical (unpaired) electrons. The highest BCUT2D eigenvalue weighted by molar-refractivity contribution is 7.98. The van der Waals surface area contributed by atoms with Crippen LogP contribution in [-0.2, 0) is 4.79 Å². The Labute approximate surface area is 101 Å². The molecule has 0 unspecified atom stereocenters. The quantitative estimate of drug-likeness (QED) is 0.773. The van der Waals surface area contributed by atoms with Crippen molar-refractivity contribution in [2.45, 2.75) is 12.5 Å². The van der Waals surface area contributed by atoms with Crippen molar-refractivity contribution in [2.24, 2.45) is 0 Å². The summed E-state index contributed by atoms with van der Waals surface area (Å²) in [6.45, 7) is 0. The Morgan fingerprint density at radius 1 is 1.69 bits per heavy atom. The number of carbonyl (C=O) groups excluding carboxylic acids is 1. The van der Waals surface area contributed by atoms with Crippen LogP contribution in [0.2, 0.25) is 0 Å². The van der Waals surface area contributed by atoms with Crippen molar-refractivity contribution in [3.8, 4) is 0 Å². The zero-order valence-corrected chi connectivity index (χ0v) is 10.2. The number of aromatic nitrogens is 2. The van der Waals surface area contributed by atoms with E-state index in [0.717, 1.165) is 11.5 Å². The van der Waals surface area contributed by atoms with Crippen LogP contribution in [0.15, 0.2) is 5.38 Å². The fourth-order valence-electron chi connectivity index (χ4n) is 0.989. The smallest absolute Gasteiger partial charge is 0.326 e. The van der Waals surface area contributed by atoms with E-state index < -0.39 is 17.9 Å². The molecule has 1 atom stereocenters. The number of aliphatic carboxylic acids is 1. The van der Waals surface area contributed by atoms with E-state index in [1.807, 2.05) is 6.26 Å². The number of hydrogen-bond acceptors (Lipinski definition) is 6. The van der Waals surface area contributed by atoms with Crippen LogP contribution >= 0.6 is 23.3 Å². The maximum atomic E-state index is 11.5. The Kier molecular flexibility index (Phi) is 5.20. The lowest BCUT2D eigenvalue weighted by Gasteiger charge is -2.12. The zero-order chi connectivity index (χ0) is 12.0. The summed E-state index contributed by atoms with van der Waals surface area (Å²) in [6, 6.07) is -0.873. The Balaban J connectivity index is 2.54. The molecule has 1 aromatic rings. The minimum Gasteiger partial charge on any atom is -0.480 e. The van der Waals surface area contributed by atoms with Gasteiger partial charge in [0.2, 0.25) is 0 Å². The molecule has 0 aliphatic carbocycles. The summed E-state index contributed by atoms with van der Waals surface area (Å²) in [5.41, 5.74) is 0.153. The third-order valence-electron chi connectivity index (χ3n) is 1.81. The molecule has 0 bridgehead atoms. The van der Waals surface area contributed by atoms with Gasteiger partial charge in [0.05, 0.1) is 0 Å². The molecule has 0 saturated heterocycles. The highest BCUT2D eigenvalue weighted by Crippen LogP contribution is 2.03. The normalized spacial score (nSPS) is 12.1. The van der Waals surface area contributed by atoms with Gasteiger partial charge in [0.1, 0.15) is 6.04 Å². The first-order chi connectivity index (χ1) is 7.65. The Bertz CT molecular complexity index is 355. The highest BCUT2D eigenvalue weighted by atomic mass is 32.2. The minimum absolute atomic E-state index is 0.153. The monoisotopic (exact) mass is 261 g/mol. The first-order valence-corrected chi connectivity index (χ1v) is 6.68. The molecule has 8 heteroatoms. The van der Waals surface area contributed by atoms with Crippen LogP contribution in [-0.4, -0.2) is 44.6 Å². The van der Waals surface area contributed by atoms with Gasteiger partial charge in [-0.25, -0.2) is 4.79 Å². The van der Waals surface area contributed by atoms with E-state index in [0.29, 0.717) is 12.2 Å². The lowest BCUT2D eigenvalue weighted by Crippen LogP contribution is -2.41. The van der Waals surface area contributed by atoms with Crippen LogP contribution in [0.25, 0.3) is 0 Å². The van der Waals surface area contributed by atoms with Crippen molar-refractivity contribution < 1.29 is 14.7 Å². The van der Waals surface area contributed by atoms with Crippen LogP contribution in [0.4, 0.5) is 0 Å². The Morgan fingerprint density at radius 3 is 2.94 bits per heavy atom. The largest absolute Gasteiger partial charge is 0.480 e. The number of nitrogens with zero attached hydrogens (tertiary/aromatic N) is 2. The topological polar surface area (TPSA) is 92.2 Å². The van der Waals surface area contributed by atoms with E-state index in [-0.39, 0.29) is 5.69 Å². The molecule has 0 aliphatic rings. The summed E-state index contributed by atoms with van der Waals surface area (Å²) in [7, 11) is 0. The van der Waals surface area contributed by atoms with Gasteiger partial charge >= 0.3 is 5.97 Å². The fraction of sp³-hybridized carbons (Fsp3) is 0.500. The molecule has 0 spiro atoms. The highest BCUT2D eigenvalue weighted by Gasteiger charge is 2.21. The molecule has 0 aromatic carbocycles. The van der Waals surface area contributed by atoms with Crippen LogP contribution in [0, 0.1) is 0 Å². The standard InChI is InChI=1S/C8H11N3O3S2/c1-15-3-2-5(8(13)14)9-7(12)6-4-16-11-10-6/h4-5H,2-3H2,1H3,(H,9,12)(H,13,14)/t5-/m0/s1. The second kappa shape index (κ2) is 6.44. The molecule has 16 heavy (non-hydrogen) atoms. The summed E-state index contributed by atoms with van der Waals surface area (Å²) in [4.78, 5) is 22.4. The molecule has 1 aromatic heterocycles.